The number of carbonyl (C=O) groups is 1. The molecule has 3 aromatic rings. The van der Waals surface area contributed by atoms with E-state index in [0.717, 1.165) is 22.6 Å². The quantitative estimate of drug-likeness (QED) is 0.585. The second kappa shape index (κ2) is 10.1. The number of hydrogen-bond donors (Lipinski definition) is 1. The van der Waals surface area contributed by atoms with E-state index in [2.05, 4.69) is 10.4 Å². The number of carbonyl (C=O) groups excluding carboxylic acids is 1. The molecule has 1 fully saturated rings. The molecule has 0 aliphatic carbocycles. The van der Waals surface area contributed by atoms with Gasteiger partial charge in [-0.05, 0) is 58.0 Å². The number of nitrogens with one attached hydrogen (secondary N) is 1. The third-order valence-electron chi connectivity index (χ3n) is 6.13. The number of para-hydroxylation sites is 1. The van der Waals surface area contributed by atoms with Gasteiger partial charge in [-0.15, -0.1) is 0 Å². The maximum Gasteiger partial charge on any atom is 0.243 e. The van der Waals surface area contributed by atoms with Crippen LogP contribution in [0.15, 0.2) is 59.5 Å². The molecule has 9 heteroatoms. The average molecular weight is 482 g/mol. The first-order valence-electron chi connectivity index (χ1n) is 11.5. The molecule has 0 spiro atoms. The zero-order valence-electron chi connectivity index (χ0n) is 19.9. The van der Waals surface area contributed by atoms with Crippen molar-refractivity contribution in [1.82, 2.24) is 19.0 Å². The highest BCUT2D eigenvalue weighted by Crippen LogP contribution is 2.23. The van der Waals surface area contributed by atoms with E-state index in [4.69, 9.17) is 0 Å². The van der Waals surface area contributed by atoms with Gasteiger partial charge in [0, 0.05) is 19.6 Å². The number of anilines is 1. The van der Waals surface area contributed by atoms with Crippen LogP contribution in [0.4, 0.5) is 5.69 Å². The molecule has 8 nitrogen and oxygen atoms in total. The van der Waals surface area contributed by atoms with Gasteiger partial charge in [0.1, 0.15) is 0 Å². The van der Waals surface area contributed by atoms with E-state index in [0.29, 0.717) is 43.2 Å². The standard InChI is InChI=1S/C25H31N5O3S/c1-19-10-12-23(13-11-19)34(32,33)29-15-7-14-28(16-17-29)18-24(31)26-25-20(2)27-30(21(25)3)22-8-5-4-6-9-22/h4-6,8-13H,7,14-18H2,1-3H3,(H,26,31). The Kier molecular flexibility index (Phi) is 7.16. The van der Waals surface area contributed by atoms with Crippen molar-refractivity contribution in [2.45, 2.75) is 32.1 Å². The smallest absolute Gasteiger partial charge is 0.243 e. The predicted molar refractivity (Wildman–Crippen MR) is 133 cm³/mol. The van der Waals surface area contributed by atoms with Crippen LogP contribution in [0.5, 0.6) is 0 Å². The molecule has 0 unspecified atom stereocenters. The third-order valence-corrected chi connectivity index (χ3v) is 8.04. The zero-order chi connectivity index (χ0) is 24.3. The summed E-state index contributed by atoms with van der Waals surface area (Å²) < 4.78 is 29.4. The van der Waals surface area contributed by atoms with Crippen LogP contribution in [0.2, 0.25) is 0 Å². The highest BCUT2D eigenvalue weighted by molar-refractivity contribution is 7.89. The fourth-order valence-corrected chi connectivity index (χ4v) is 5.70. The molecule has 1 saturated heterocycles. The molecule has 1 aliphatic rings. The van der Waals surface area contributed by atoms with Crippen LogP contribution < -0.4 is 5.32 Å². The second-order valence-corrected chi connectivity index (χ2v) is 10.6. The molecule has 34 heavy (non-hydrogen) atoms. The number of aromatic nitrogens is 2. The van der Waals surface area contributed by atoms with Crippen molar-refractivity contribution in [3.8, 4) is 5.69 Å². The molecule has 1 aliphatic heterocycles. The number of benzene rings is 2. The number of sulfonamides is 1. The van der Waals surface area contributed by atoms with Gasteiger partial charge in [0.05, 0.1) is 34.2 Å². The minimum Gasteiger partial charge on any atom is -0.322 e. The summed E-state index contributed by atoms with van der Waals surface area (Å²) in [5.41, 5.74) is 4.29. The minimum absolute atomic E-state index is 0.131. The average Bonchev–Trinajstić information content (AvgIpc) is 2.97. The lowest BCUT2D eigenvalue weighted by molar-refractivity contribution is -0.117. The molecule has 180 valence electrons. The molecule has 1 aromatic heterocycles. The fraction of sp³-hybridized carbons (Fsp3) is 0.360. The fourth-order valence-electron chi connectivity index (χ4n) is 4.23. The topological polar surface area (TPSA) is 87.5 Å². The van der Waals surface area contributed by atoms with E-state index in [1.165, 1.54) is 4.31 Å². The Balaban J connectivity index is 1.38. The van der Waals surface area contributed by atoms with Gasteiger partial charge >= 0.3 is 0 Å². The maximum absolute atomic E-state index is 13.0. The third kappa shape index (κ3) is 5.22. The van der Waals surface area contributed by atoms with Crippen LogP contribution in [-0.4, -0.2) is 66.0 Å². The molecule has 4 rings (SSSR count). The van der Waals surface area contributed by atoms with Gasteiger partial charge in [0.2, 0.25) is 15.9 Å². The number of hydrogen-bond acceptors (Lipinski definition) is 5. The van der Waals surface area contributed by atoms with Crippen molar-refractivity contribution >= 4 is 21.6 Å². The molecule has 0 atom stereocenters. The maximum atomic E-state index is 13.0. The summed E-state index contributed by atoms with van der Waals surface area (Å²) in [6.07, 6.45) is 0.669. The Hall–Kier alpha value is -3.01. The van der Waals surface area contributed by atoms with E-state index in [1.54, 1.807) is 12.1 Å². The lowest BCUT2D eigenvalue weighted by atomic mass is 10.2. The van der Waals surface area contributed by atoms with Crippen LogP contribution in [0.1, 0.15) is 23.4 Å². The van der Waals surface area contributed by atoms with Crippen molar-refractivity contribution < 1.29 is 13.2 Å². The number of aryl methyl sites for hydroxylation is 2. The van der Waals surface area contributed by atoms with Gasteiger partial charge in [0.25, 0.3) is 0 Å². The summed E-state index contributed by atoms with van der Waals surface area (Å²) in [5, 5.41) is 7.59. The van der Waals surface area contributed by atoms with Gasteiger partial charge in [-0.1, -0.05) is 35.9 Å². The van der Waals surface area contributed by atoms with E-state index < -0.39 is 10.0 Å². The summed E-state index contributed by atoms with van der Waals surface area (Å²) in [6, 6.07) is 16.7. The summed E-state index contributed by atoms with van der Waals surface area (Å²) in [7, 11) is -3.54. The zero-order valence-corrected chi connectivity index (χ0v) is 20.7. The summed E-state index contributed by atoms with van der Waals surface area (Å²) in [4.78, 5) is 15.2. The second-order valence-electron chi connectivity index (χ2n) is 8.69. The Bertz CT molecular complexity index is 1250. The van der Waals surface area contributed by atoms with Crippen molar-refractivity contribution in [2.24, 2.45) is 0 Å². The first-order valence-corrected chi connectivity index (χ1v) is 12.9. The van der Waals surface area contributed by atoms with Gasteiger partial charge in [-0.25, -0.2) is 13.1 Å². The molecule has 2 heterocycles. The van der Waals surface area contributed by atoms with E-state index in [9.17, 15) is 13.2 Å². The van der Waals surface area contributed by atoms with Gasteiger partial charge in [0.15, 0.2) is 0 Å². The first-order chi connectivity index (χ1) is 16.3. The van der Waals surface area contributed by atoms with Crippen molar-refractivity contribution in [2.75, 3.05) is 38.0 Å². The Morgan fingerprint density at radius 1 is 0.941 bits per heavy atom. The summed E-state index contributed by atoms with van der Waals surface area (Å²) in [6.45, 7) is 7.90. The van der Waals surface area contributed by atoms with E-state index in [-0.39, 0.29) is 12.5 Å². The molecule has 0 saturated carbocycles. The molecular weight excluding hydrogens is 450 g/mol. The molecule has 1 amide bonds. The Labute approximate surface area is 201 Å². The molecule has 0 bridgehead atoms. The summed E-state index contributed by atoms with van der Waals surface area (Å²) in [5.74, 6) is -0.131. The van der Waals surface area contributed by atoms with E-state index >= 15 is 0 Å². The van der Waals surface area contributed by atoms with Crippen LogP contribution in [0, 0.1) is 20.8 Å². The predicted octanol–water partition coefficient (Wildman–Crippen LogP) is 3.13. The van der Waals surface area contributed by atoms with Gasteiger partial charge < -0.3 is 5.32 Å². The lowest BCUT2D eigenvalue weighted by Gasteiger charge is -2.21. The van der Waals surface area contributed by atoms with Crippen LogP contribution in [0.3, 0.4) is 0 Å². The number of amides is 1. The van der Waals surface area contributed by atoms with Crippen molar-refractivity contribution in [3.05, 3.63) is 71.5 Å². The SMILES string of the molecule is Cc1ccc(S(=O)(=O)N2CCCN(CC(=O)Nc3c(C)nn(-c4ccccc4)c3C)CC2)cc1. The van der Waals surface area contributed by atoms with E-state index in [1.807, 2.05) is 72.8 Å². The van der Waals surface area contributed by atoms with Crippen LogP contribution in [-0.2, 0) is 14.8 Å². The molecular formula is C25H31N5O3S. The number of rotatable bonds is 6. The number of nitrogens with zero attached hydrogens (tertiary/aromatic N) is 4. The Morgan fingerprint density at radius 2 is 1.65 bits per heavy atom. The minimum atomic E-state index is -3.54. The first kappa shape index (κ1) is 24.1. The van der Waals surface area contributed by atoms with Gasteiger partial charge in [-0.3, -0.25) is 9.69 Å². The van der Waals surface area contributed by atoms with Crippen LogP contribution >= 0.6 is 0 Å². The molecule has 2 aromatic carbocycles. The van der Waals surface area contributed by atoms with Crippen molar-refractivity contribution in [1.29, 1.82) is 0 Å². The van der Waals surface area contributed by atoms with Gasteiger partial charge in [-0.2, -0.15) is 9.40 Å². The monoisotopic (exact) mass is 481 g/mol. The molecule has 0 radical (unpaired) electrons. The highest BCUT2D eigenvalue weighted by Gasteiger charge is 2.27. The van der Waals surface area contributed by atoms with Crippen molar-refractivity contribution in [3.63, 3.8) is 0 Å². The molecule has 1 N–H and O–H groups in total. The Morgan fingerprint density at radius 3 is 2.35 bits per heavy atom. The summed E-state index contributed by atoms with van der Waals surface area (Å²) >= 11 is 0. The normalized spacial score (nSPS) is 15.7. The highest BCUT2D eigenvalue weighted by atomic mass is 32.2. The van der Waals surface area contributed by atoms with Crippen LogP contribution in [0.25, 0.3) is 5.69 Å². The largest absolute Gasteiger partial charge is 0.322 e. The lowest BCUT2D eigenvalue weighted by Crippen LogP contribution is -2.38.